The molecule has 0 heterocycles. The number of amides is 1. The summed E-state index contributed by atoms with van der Waals surface area (Å²) < 4.78 is 5.58. The molecule has 1 aromatic carbocycles. The molecular weight excluding hydrogens is 274 g/mol. The highest BCUT2D eigenvalue weighted by molar-refractivity contribution is 5.83. The molecule has 6 nitrogen and oxygen atoms in total. The van der Waals surface area contributed by atoms with Gasteiger partial charge in [-0.3, -0.25) is 4.79 Å². The first-order valence-electron chi connectivity index (χ1n) is 6.77. The van der Waals surface area contributed by atoms with Gasteiger partial charge < -0.3 is 20.3 Å². The molecule has 0 saturated heterocycles. The lowest BCUT2D eigenvalue weighted by atomic mass is 10.1. The standard InChI is InChI=1S/C15H21NO5/c1-10-4-3-5-11(2)14(10)21-9-7-13(18)16-12(6-8-17)15(19)20/h3-5,12,17H,6-9H2,1-2H3,(H,16,18)(H,19,20)/t12-/m1/s1. The van der Waals surface area contributed by atoms with E-state index in [0.29, 0.717) is 0 Å². The molecule has 1 atom stereocenters. The van der Waals surface area contributed by atoms with Crippen LogP contribution in [0.5, 0.6) is 5.75 Å². The third-order valence-corrected chi connectivity index (χ3v) is 3.04. The SMILES string of the molecule is Cc1cccc(C)c1OCCC(=O)N[C@H](CCO)C(=O)O. The molecule has 0 spiro atoms. The Labute approximate surface area is 123 Å². The zero-order valence-electron chi connectivity index (χ0n) is 12.3. The van der Waals surface area contributed by atoms with Crippen LogP contribution in [0.3, 0.4) is 0 Å². The summed E-state index contributed by atoms with van der Waals surface area (Å²) in [6, 6.07) is 4.70. The van der Waals surface area contributed by atoms with Gasteiger partial charge in [-0.25, -0.2) is 4.79 Å². The third kappa shape index (κ3) is 5.43. The van der Waals surface area contributed by atoms with Gasteiger partial charge in [-0.15, -0.1) is 0 Å². The van der Waals surface area contributed by atoms with E-state index in [4.69, 9.17) is 14.9 Å². The van der Waals surface area contributed by atoms with E-state index in [9.17, 15) is 9.59 Å². The number of hydrogen-bond donors (Lipinski definition) is 3. The number of aliphatic hydroxyl groups is 1. The molecule has 0 unspecified atom stereocenters. The van der Waals surface area contributed by atoms with E-state index in [1.54, 1.807) is 0 Å². The van der Waals surface area contributed by atoms with Crippen molar-refractivity contribution in [2.75, 3.05) is 13.2 Å². The van der Waals surface area contributed by atoms with E-state index in [1.165, 1.54) is 0 Å². The maximum Gasteiger partial charge on any atom is 0.326 e. The Morgan fingerprint density at radius 3 is 2.43 bits per heavy atom. The van der Waals surface area contributed by atoms with Crippen LogP contribution in [0.2, 0.25) is 0 Å². The number of carbonyl (C=O) groups excluding carboxylic acids is 1. The molecule has 0 bridgehead atoms. The highest BCUT2D eigenvalue weighted by atomic mass is 16.5. The topological polar surface area (TPSA) is 95.9 Å². The molecule has 116 valence electrons. The Morgan fingerprint density at radius 1 is 1.29 bits per heavy atom. The fraction of sp³-hybridized carbons (Fsp3) is 0.467. The average molecular weight is 295 g/mol. The third-order valence-electron chi connectivity index (χ3n) is 3.04. The zero-order valence-corrected chi connectivity index (χ0v) is 12.3. The molecule has 0 aliphatic heterocycles. The predicted molar refractivity (Wildman–Crippen MR) is 77.3 cm³/mol. The van der Waals surface area contributed by atoms with Crippen molar-refractivity contribution >= 4 is 11.9 Å². The van der Waals surface area contributed by atoms with E-state index in [-0.39, 0.29) is 26.1 Å². The molecule has 0 aromatic heterocycles. The van der Waals surface area contributed by atoms with Crippen LogP contribution in [-0.2, 0) is 9.59 Å². The summed E-state index contributed by atoms with van der Waals surface area (Å²) >= 11 is 0. The summed E-state index contributed by atoms with van der Waals surface area (Å²) in [6.45, 7) is 3.72. The van der Waals surface area contributed by atoms with Crippen molar-refractivity contribution in [3.63, 3.8) is 0 Å². The van der Waals surface area contributed by atoms with Crippen molar-refractivity contribution in [1.82, 2.24) is 5.32 Å². The van der Waals surface area contributed by atoms with Gasteiger partial charge in [0.15, 0.2) is 0 Å². The van der Waals surface area contributed by atoms with Crippen LogP contribution < -0.4 is 10.1 Å². The van der Waals surface area contributed by atoms with Gasteiger partial charge in [-0.2, -0.15) is 0 Å². The van der Waals surface area contributed by atoms with Gasteiger partial charge >= 0.3 is 5.97 Å². The van der Waals surface area contributed by atoms with Gasteiger partial charge in [0.2, 0.25) is 5.91 Å². The lowest BCUT2D eigenvalue weighted by molar-refractivity contribution is -0.142. The van der Waals surface area contributed by atoms with Crippen molar-refractivity contribution in [1.29, 1.82) is 0 Å². The smallest absolute Gasteiger partial charge is 0.326 e. The number of nitrogens with one attached hydrogen (secondary N) is 1. The van der Waals surface area contributed by atoms with Gasteiger partial charge in [0, 0.05) is 13.0 Å². The van der Waals surface area contributed by atoms with E-state index >= 15 is 0 Å². The fourth-order valence-corrected chi connectivity index (χ4v) is 1.93. The van der Waals surface area contributed by atoms with Gasteiger partial charge in [-0.05, 0) is 25.0 Å². The summed E-state index contributed by atoms with van der Waals surface area (Å²) in [5, 5.41) is 20.0. The first-order valence-corrected chi connectivity index (χ1v) is 6.77. The van der Waals surface area contributed by atoms with Gasteiger partial charge in [0.25, 0.3) is 0 Å². The molecule has 0 saturated carbocycles. The summed E-state index contributed by atoms with van der Waals surface area (Å²) in [5.74, 6) is -0.828. The molecular formula is C15H21NO5. The quantitative estimate of drug-likeness (QED) is 0.665. The number of carbonyl (C=O) groups is 2. The second-order valence-electron chi connectivity index (χ2n) is 4.79. The van der Waals surface area contributed by atoms with Crippen molar-refractivity contribution in [3.8, 4) is 5.75 Å². The lowest BCUT2D eigenvalue weighted by Gasteiger charge is -2.14. The van der Waals surface area contributed by atoms with E-state index in [1.807, 2.05) is 32.0 Å². The molecule has 1 aromatic rings. The summed E-state index contributed by atoms with van der Waals surface area (Å²) in [7, 11) is 0. The van der Waals surface area contributed by atoms with Crippen molar-refractivity contribution < 1.29 is 24.5 Å². The molecule has 0 aliphatic rings. The Balaban J connectivity index is 2.45. The van der Waals surface area contributed by atoms with Crippen LogP contribution in [0, 0.1) is 13.8 Å². The summed E-state index contributed by atoms with van der Waals surface area (Å²) in [6.07, 6.45) is 0.0435. The number of aliphatic carboxylic acids is 1. The molecule has 0 radical (unpaired) electrons. The number of aryl methyl sites for hydroxylation is 2. The van der Waals surface area contributed by atoms with E-state index < -0.39 is 17.9 Å². The largest absolute Gasteiger partial charge is 0.493 e. The number of carboxylic acids is 1. The monoisotopic (exact) mass is 295 g/mol. The Morgan fingerprint density at radius 2 is 1.90 bits per heavy atom. The van der Waals surface area contributed by atoms with E-state index in [2.05, 4.69) is 5.32 Å². The number of ether oxygens (including phenoxy) is 1. The number of rotatable bonds is 8. The number of carboxylic acid groups (broad SMARTS) is 1. The van der Waals surface area contributed by atoms with Gasteiger partial charge in [0.05, 0.1) is 13.0 Å². The van der Waals surface area contributed by atoms with Crippen LogP contribution in [0.25, 0.3) is 0 Å². The van der Waals surface area contributed by atoms with Crippen LogP contribution in [0.4, 0.5) is 0 Å². The van der Waals surface area contributed by atoms with Crippen LogP contribution in [0.15, 0.2) is 18.2 Å². The van der Waals surface area contributed by atoms with Gasteiger partial charge in [0.1, 0.15) is 11.8 Å². The summed E-state index contributed by atoms with van der Waals surface area (Å²) in [4.78, 5) is 22.5. The number of para-hydroxylation sites is 1. The van der Waals surface area contributed by atoms with Crippen molar-refractivity contribution in [2.45, 2.75) is 32.7 Å². The molecule has 0 aliphatic carbocycles. The zero-order chi connectivity index (χ0) is 15.8. The lowest BCUT2D eigenvalue weighted by Crippen LogP contribution is -2.41. The number of benzene rings is 1. The second kappa shape index (κ2) is 8.26. The second-order valence-corrected chi connectivity index (χ2v) is 4.79. The first-order chi connectivity index (χ1) is 9.95. The van der Waals surface area contributed by atoms with Crippen LogP contribution in [0.1, 0.15) is 24.0 Å². The van der Waals surface area contributed by atoms with Gasteiger partial charge in [-0.1, -0.05) is 18.2 Å². The average Bonchev–Trinajstić information content (AvgIpc) is 2.41. The molecule has 1 amide bonds. The minimum Gasteiger partial charge on any atom is -0.493 e. The number of aliphatic hydroxyl groups excluding tert-OH is 1. The Bertz CT molecular complexity index is 481. The van der Waals surface area contributed by atoms with Crippen LogP contribution in [-0.4, -0.2) is 41.3 Å². The van der Waals surface area contributed by atoms with Crippen molar-refractivity contribution in [2.24, 2.45) is 0 Å². The highest BCUT2D eigenvalue weighted by Crippen LogP contribution is 2.22. The Kier molecular flexibility index (Phi) is 6.68. The number of hydrogen-bond acceptors (Lipinski definition) is 4. The molecule has 21 heavy (non-hydrogen) atoms. The van der Waals surface area contributed by atoms with Crippen LogP contribution >= 0.6 is 0 Å². The molecule has 1 rings (SSSR count). The molecule has 6 heteroatoms. The normalized spacial score (nSPS) is 11.8. The van der Waals surface area contributed by atoms with Crippen molar-refractivity contribution in [3.05, 3.63) is 29.3 Å². The minimum atomic E-state index is -1.16. The molecule has 3 N–H and O–H groups in total. The minimum absolute atomic E-state index is 0.0150. The fourth-order valence-electron chi connectivity index (χ4n) is 1.93. The Hall–Kier alpha value is -2.08. The maximum atomic E-state index is 11.7. The molecule has 0 fully saturated rings. The highest BCUT2D eigenvalue weighted by Gasteiger charge is 2.19. The van der Waals surface area contributed by atoms with E-state index in [0.717, 1.165) is 16.9 Å². The first kappa shape index (κ1) is 17.0. The summed E-state index contributed by atoms with van der Waals surface area (Å²) in [5.41, 5.74) is 1.97. The predicted octanol–water partition coefficient (Wildman–Crippen LogP) is 1.02. The maximum absolute atomic E-state index is 11.7.